The molecule has 0 aliphatic heterocycles. The number of fused-ring (bicyclic) bond motifs is 1. The van der Waals surface area contributed by atoms with Gasteiger partial charge in [0, 0.05) is 22.9 Å². The molecule has 312 valence electrons. The lowest BCUT2D eigenvalue weighted by atomic mass is 9.83. The summed E-state index contributed by atoms with van der Waals surface area (Å²) < 4.78 is 2.27. The van der Waals surface area contributed by atoms with Crippen molar-refractivity contribution in [1.82, 2.24) is 14.5 Å². The van der Waals surface area contributed by atoms with Gasteiger partial charge in [-0.1, -0.05) is 151 Å². The van der Waals surface area contributed by atoms with E-state index in [2.05, 4.69) is 206 Å². The predicted octanol–water partition coefficient (Wildman–Crippen LogP) is 15.6. The zero-order valence-electron chi connectivity index (χ0n) is 37.9. The van der Waals surface area contributed by atoms with E-state index < -0.39 is 0 Å². The average molecular weight is 822 g/mol. The van der Waals surface area contributed by atoms with Gasteiger partial charge < -0.3 is 5.11 Å². The molecule has 0 atom stereocenters. The minimum Gasteiger partial charge on any atom is -0.507 e. The number of rotatable bonds is 7. The van der Waals surface area contributed by atoms with Crippen molar-refractivity contribution < 1.29 is 5.11 Å². The molecule has 0 saturated carbocycles. The first kappa shape index (κ1) is 41.3. The Hall–Kier alpha value is -7.04. The van der Waals surface area contributed by atoms with E-state index in [1.54, 1.807) is 0 Å². The van der Waals surface area contributed by atoms with Crippen molar-refractivity contribution in [2.45, 2.75) is 73.1 Å². The normalized spacial score (nSPS) is 12.0. The van der Waals surface area contributed by atoms with Gasteiger partial charge in [-0.15, -0.1) is 0 Å². The lowest BCUT2D eigenvalue weighted by molar-refractivity contribution is 0.472. The molecule has 2 heterocycles. The highest BCUT2D eigenvalue weighted by atomic mass is 16.3. The predicted molar refractivity (Wildman–Crippen MR) is 265 cm³/mol. The molecule has 0 amide bonds. The number of imidazole rings is 1. The van der Waals surface area contributed by atoms with Crippen LogP contribution in [0.1, 0.15) is 69.4 Å². The lowest BCUT2D eigenvalue weighted by Gasteiger charge is -2.22. The van der Waals surface area contributed by atoms with Gasteiger partial charge in [0.25, 0.3) is 0 Å². The van der Waals surface area contributed by atoms with Gasteiger partial charge in [-0.2, -0.15) is 0 Å². The highest BCUT2D eigenvalue weighted by Gasteiger charge is 2.25. The van der Waals surface area contributed by atoms with Crippen LogP contribution in [0.4, 0.5) is 0 Å². The highest BCUT2D eigenvalue weighted by molar-refractivity contribution is 5.98. The maximum absolute atomic E-state index is 11.9. The van der Waals surface area contributed by atoms with Crippen molar-refractivity contribution >= 4 is 11.0 Å². The van der Waals surface area contributed by atoms with E-state index in [9.17, 15) is 5.11 Å². The van der Waals surface area contributed by atoms with Crippen molar-refractivity contribution in [2.24, 2.45) is 0 Å². The van der Waals surface area contributed by atoms with Gasteiger partial charge in [-0.25, -0.2) is 4.98 Å². The maximum atomic E-state index is 11.9. The molecule has 0 saturated heterocycles. The second-order valence-corrected chi connectivity index (χ2v) is 19.1. The molecule has 0 radical (unpaired) electrons. The third-order valence-electron chi connectivity index (χ3n) is 12.4. The van der Waals surface area contributed by atoms with Crippen LogP contribution in [0.3, 0.4) is 0 Å². The van der Waals surface area contributed by atoms with Gasteiger partial charge in [0.15, 0.2) is 0 Å². The summed E-state index contributed by atoms with van der Waals surface area (Å²) in [5.41, 5.74) is 19.8. The molecule has 9 aromatic rings. The van der Waals surface area contributed by atoms with Gasteiger partial charge in [0.05, 0.1) is 28.0 Å². The number of nitrogens with zero attached hydrogens (tertiary/aromatic N) is 3. The standard InChI is InChI=1S/C59H55N3O/c1-37-29-39(3)56(63)51(30-37)57-61-55-48(44-32-45(34-47(33-44)59(7,8)9)52-35-43(27-28-60-52)40-17-12-10-13-18-40)21-16-22-53(55)62(57)54-31-38(2)49(36-50(54)41-19-14-11-15-20-41)42-23-25-46(26-24-42)58(4,5)6/h10-36,63H,1-9H3. The first-order valence-electron chi connectivity index (χ1n) is 22.0. The first-order chi connectivity index (χ1) is 30.1. The number of phenolic OH excluding ortho intramolecular Hbond substituents is 1. The number of phenols is 1. The number of hydrogen-bond acceptors (Lipinski definition) is 3. The molecule has 1 N–H and O–H groups in total. The van der Waals surface area contributed by atoms with Crippen LogP contribution in [0.5, 0.6) is 5.75 Å². The van der Waals surface area contributed by atoms with Crippen molar-refractivity contribution in [3.05, 3.63) is 192 Å². The summed E-state index contributed by atoms with van der Waals surface area (Å²) in [7, 11) is 0. The van der Waals surface area contributed by atoms with Gasteiger partial charge in [-0.05, 0) is 141 Å². The molecule has 0 aliphatic carbocycles. The summed E-state index contributed by atoms with van der Waals surface area (Å²) in [6.45, 7) is 19.8. The SMILES string of the molecule is Cc1cc(C)c(O)c(-c2nc3c(-c4cc(-c5cc(-c6ccccc6)ccn5)cc(C(C)(C)C)c4)cccc3n2-c2cc(C)c(-c3ccc(C(C)(C)C)cc3)cc2-c2ccccc2)c1. The largest absolute Gasteiger partial charge is 0.507 e. The summed E-state index contributed by atoms with van der Waals surface area (Å²) in [5.74, 6) is 0.915. The molecular formula is C59H55N3O. The molecule has 7 aromatic carbocycles. The number of para-hydroxylation sites is 1. The zero-order valence-corrected chi connectivity index (χ0v) is 37.9. The smallest absolute Gasteiger partial charge is 0.149 e. The van der Waals surface area contributed by atoms with Crippen molar-refractivity contribution in [3.63, 3.8) is 0 Å². The van der Waals surface area contributed by atoms with Gasteiger partial charge in [0.2, 0.25) is 0 Å². The zero-order chi connectivity index (χ0) is 44.2. The van der Waals surface area contributed by atoms with Gasteiger partial charge in [0.1, 0.15) is 11.6 Å². The van der Waals surface area contributed by atoms with Gasteiger partial charge in [-0.3, -0.25) is 9.55 Å². The number of benzene rings is 7. The molecule has 4 nitrogen and oxygen atoms in total. The molecule has 4 heteroatoms. The Morgan fingerprint density at radius 1 is 0.460 bits per heavy atom. The molecule has 2 aromatic heterocycles. The third kappa shape index (κ3) is 7.98. The number of aromatic nitrogens is 3. The molecule has 0 aliphatic rings. The Bertz CT molecular complexity index is 3140. The van der Waals surface area contributed by atoms with E-state index in [4.69, 9.17) is 9.97 Å². The topological polar surface area (TPSA) is 50.9 Å². The second-order valence-electron chi connectivity index (χ2n) is 19.1. The number of aromatic hydroxyl groups is 1. The fourth-order valence-electron chi connectivity index (χ4n) is 8.84. The van der Waals surface area contributed by atoms with E-state index in [1.165, 1.54) is 22.3 Å². The molecule has 63 heavy (non-hydrogen) atoms. The van der Waals surface area contributed by atoms with E-state index in [-0.39, 0.29) is 16.6 Å². The Kier molecular flexibility index (Phi) is 10.5. The van der Waals surface area contributed by atoms with Crippen LogP contribution in [0.25, 0.3) is 83.9 Å². The van der Waals surface area contributed by atoms with Crippen LogP contribution in [-0.2, 0) is 10.8 Å². The molecule has 0 spiro atoms. The number of aryl methyl sites for hydroxylation is 3. The van der Waals surface area contributed by atoms with Crippen molar-refractivity contribution in [1.29, 1.82) is 0 Å². The van der Waals surface area contributed by atoms with E-state index in [0.717, 1.165) is 78.0 Å². The van der Waals surface area contributed by atoms with Crippen LogP contribution in [0, 0.1) is 20.8 Å². The average Bonchev–Trinajstić information content (AvgIpc) is 3.67. The van der Waals surface area contributed by atoms with Crippen molar-refractivity contribution in [2.75, 3.05) is 0 Å². The van der Waals surface area contributed by atoms with E-state index >= 15 is 0 Å². The van der Waals surface area contributed by atoms with Crippen LogP contribution >= 0.6 is 0 Å². The Morgan fingerprint density at radius 3 is 1.79 bits per heavy atom. The second kappa shape index (κ2) is 16.0. The highest BCUT2D eigenvalue weighted by Crippen LogP contribution is 2.44. The third-order valence-corrected chi connectivity index (χ3v) is 12.4. The quantitative estimate of drug-likeness (QED) is 0.174. The van der Waals surface area contributed by atoms with Gasteiger partial charge >= 0.3 is 0 Å². The summed E-state index contributed by atoms with van der Waals surface area (Å²) >= 11 is 0. The maximum Gasteiger partial charge on any atom is 0.149 e. The summed E-state index contributed by atoms with van der Waals surface area (Å²) in [4.78, 5) is 10.5. The summed E-state index contributed by atoms with van der Waals surface area (Å²) in [5, 5.41) is 11.9. The monoisotopic (exact) mass is 821 g/mol. The van der Waals surface area contributed by atoms with Crippen LogP contribution in [0.2, 0.25) is 0 Å². The molecular weight excluding hydrogens is 767 g/mol. The number of hydrogen-bond donors (Lipinski definition) is 1. The van der Waals surface area contributed by atoms with E-state index in [1.807, 2.05) is 25.3 Å². The van der Waals surface area contributed by atoms with Crippen molar-refractivity contribution in [3.8, 4) is 78.6 Å². The fraction of sp³-hybridized carbons (Fsp3) is 0.186. The molecule has 9 rings (SSSR count). The first-order valence-corrected chi connectivity index (χ1v) is 22.0. The lowest BCUT2D eigenvalue weighted by Crippen LogP contribution is -2.11. The Balaban J connectivity index is 1.31. The fourth-order valence-corrected chi connectivity index (χ4v) is 8.84. The van der Waals surface area contributed by atoms with Crippen LogP contribution in [0.15, 0.2) is 164 Å². The minimum absolute atomic E-state index is 0.0596. The molecule has 0 fully saturated rings. The van der Waals surface area contributed by atoms with E-state index in [0.29, 0.717) is 11.4 Å². The Morgan fingerprint density at radius 2 is 1.11 bits per heavy atom. The van der Waals surface area contributed by atoms with Crippen LogP contribution < -0.4 is 0 Å². The molecule has 0 unspecified atom stereocenters. The summed E-state index contributed by atoms with van der Waals surface area (Å²) in [6, 6.07) is 56.4. The van der Waals surface area contributed by atoms with Crippen LogP contribution in [-0.4, -0.2) is 19.6 Å². The minimum atomic E-state index is -0.137. The Labute approximate surface area is 372 Å². The number of pyridine rings is 1. The summed E-state index contributed by atoms with van der Waals surface area (Å²) in [6.07, 6.45) is 1.91. The molecule has 0 bridgehead atoms.